The SMILES string of the molecule is COc1ccc(S(=O)(=O)N2CCN(C)CC2)cc1-c1nnc2c3ccccc3c(C)nn12. The molecule has 0 spiro atoms. The zero-order valence-corrected chi connectivity index (χ0v) is 19.0. The Balaban J connectivity index is 1.66. The Kier molecular flexibility index (Phi) is 5.07. The van der Waals surface area contributed by atoms with Gasteiger partial charge in [0.05, 0.1) is 23.3 Å². The Labute approximate surface area is 186 Å². The molecule has 0 bridgehead atoms. The molecule has 5 rings (SSSR count). The van der Waals surface area contributed by atoms with E-state index in [1.807, 2.05) is 38.2 Å². The fourth-order valence-corrected chi connectivity index (χ4v) is 5.56. The molecule has 0 aliphatic carbocycles. The van der Waals surface area contributed by atoms with Gasteiger partial charge in [0.2, 0.25) is 10.0 Å². The number of piperazine rings is 1. The molecule has 4 aromatic rings. The molecule has 32 heavy (non-hydrogen) atoms. The first-order valence-corrected chi connectivity index (χ1v) is 11.8. The smallest absolute Gasteiger partial charge is 0.243 e. The van der Waals surface area contributed by atoms with Crippen LogP contribution in [0.15, 0.2) is 47.4 Å². The van der Waals surface area contributed by atoms with Crippen LogP contribution in [0.4, 0.5) is 0 Å². The number of sulfonamides is 1. The summed E-state index contributed by atoms with van der Waals surface area (Å²) in [5, 5.41) is 15.3. The number of nitrogens with zero attached hydrogens (tertiary/aromatic N) is 6. The van der Waals surface area contributed by atoms with Gasteiger partial charge in [-0.3, -0.25) is 0 Å². The number of fused-ring (bicyclic) bond motifs is 3. The van der Waals surface area contributed by atoms with Crippen molar-refractivity contribution in [1.29, 1.82) is 0 Å². The quantitative estimate of drug-likeness (QED) is 0.469. The van der Waals surface area contributed by atoms with Gasteiger partial charge in [-0.05, 0) is 32.2 Å². The number of methoxy groups -OCH3 is 1. The number of hydrogen-bond donors (Lipinski definition) is 0. The summed E-state index contributed by atoms with van der Waals surface area (Å²) in [7, 11) is -0.110. The monoisotopic (exact) mass is 452 g/mol. The highest BCUT2D eigenvalue weighted by atomic mass is 32.2. The van der Waals surface area contributed by atoms with Crippen LogP contribution in [0.25, 0.3) is 27.8 Å². The molecule has 0 radical (unpaired) electrons. The Hall–Kier alpha value is -3.08. The molecular weight excluding hydrogens is 428 g/mol. The maximum Gasteiger partial charge on any atom is 0.243 e. The lowest BCUT2D eigenvalue weighted by atomic mass is 10.1. The van der Waals surface area contributed by atoms with Crippen LogP contribution in [0.1, 0.15) is 5.69 Å². The van der Waals surface area contributed by atoms with Crippen molar-refractivity contribution in [2.24, 2.45) is 0 Å². The number of aryl methyl sites for hydroxylation is 1. The van der Waals surface area contributed by atoms with Crippen LogP contribution in [0.2, 0.25) is 0 Å². The van der Waals surface area contributed by atoms with Gasteiger partial charge in [0, 0.05) is 37.0 Å². The Morgan fingerprint density at radius 2 is 1.69 bits per heavy atom. The third-order valence-corrected chi connectivity index (χ3v) is 7.85. The van der Waals surface area contributed by atoms with Crippen LogP contribution >= 0.6 is 0 Å². The summed E-state index contributed by atoms with van der Waals surface area (Å²) in [4.78, 5) is 2.32. The van der Waals surface area contributed by atoms with Gasteiger partial charge in [-0.15, -0.1) is 10.2 Å². The van der Waals surface area contributed by atoms with Crippen molar-refractivity contribution in [3.63, 3.8) is 0 Å². The number of rotatable bonds is 4. The van der Waals surface area contributed by atoms with E-state index >= 15 is 0 Å². The molecule has 1 aliphatic heterocycles. The summed E-state index contributed by atoms with van der Waals surface area (Å²) in [6, 6.07) is 12.7. The van der Waals surface area contributed by atoms with Crippen LogP contribution in [-0.4, -0.2) is 77.8 Å². The molecule has 10 heteroatoms. The van der Waals surface area contributed by atoms with Crippen LogP contribution in [0.5, 0.6) is 5.75 Å². The van der Waals surface area contributed by atoms with Crippen LogP contribution in [0, 0.1) is 6.92 Å². The number of likely N-dealkylation sites (N-methyl/N-ethyl adjacent to an activating group) is 1. The van der Waals surface area contributed by atoms with Crippen LogP contribution < -0.4 is 4.74 Å². The van der Waals surface area contributed by atoms with E-state index in [4.69, 9.17) is 4.74 Å². The average molecular weight is 453 g/mol. The molecule has 1 fully saturated rings. The summed E-state index contributed by atoms with van der Waals surface area (Å²) in [6.45, 7) is 4.25. The van der Waals surface area contributed by atoms with Crippen molar-refractivity contribution in [3.05, 3.63) is 48.2 Å². The van der Waals surface area contributed by atoms with Gasteiger partial charge in [-0.1, -0.05) is 24.3 Å². The fraction of sp³-hybridized carbons (Fsp3) is 0.318. The van der Waals surface area contributed by atoms with Crippen LogP contribution in [-0.2, 0) is 10.0 Å². The molecule has 0 N–H and O–H groups in total. The van der Waals surface area contributed by atoms with E-state index in [1.54, 1.807) is 29.8 Å². The zero-order valence-electron chi connectivity index (χ0n) is 18.2. The first-order valence-electron chi connectivity index (χ1n) is 10.4. The van der Waals surface area contributed by atoms with Gasteiger partial charge in [0.1, 0.15) is 5.75 Å². The second-order valence-electron chi connectivity index (χ2n) is 7.96. The lowest BCUT2D eigenvalue weighted by molar-refractivity contribution is 0.222. The van der Waals surface area contributed by atoms with Gasteiger partial charge in [0.25, 0.3) is 0 Å². The lowest BCUT2D eigenvalue weighted by Gasteiger charge is -2.31. The Morgan fingerprint density at radius 1 is 0.969 bits per heavy atom. The number of aromatic nitrogens is 4. The summed E-state index contributed by atoms with van der Waals surface area (Å²) >= 11 is 0. The summed E-state index contributed by atoms with van der Waals surface area (Å²) in [6.07, 6.45) is 0. The highest BCUT2D eigenvalue weighted by molar-refractivity contribution is 7.89. The third-order valence-electron chi connectivity index (χ3n) is 5.96. The number of ether oxygens (including phenoxy) is 1. The van der Waals surface area contributed by atoms with Gasteiger partial charge < -0.3 is 9.64 Å². The van der Waals surface area contributed by atoms with E-state index in [2.05, 4.69) is 20.2 Å². The van der Waals surface area contributed by atoms with Crippen molar-refractivity contribution in [3.8, 4) is 17.1 Å². The van der Waals surface area contributed by atoms with Gasteiger partial charge in [-0.2, -0.15) is 13.9 Å². The number of benzene rings is 2. The van der Waals surface area contributed by atoms with Crippen molar-refractivity contribution >= 4 is 26.4 Å². The first-order chi connectivity index (χ1) is 15.4. The van der Waals surface area contributed by atoms with Gasteiger partial charge >= 0.3 is 0 Å². The van der Waals surface area contributed by atoms with Crippen molar-refractivity contribution in [1.82, 2.24) is 29.0 Å². The summed E-state index contributed by atoms with van der Waals surface area (Å²) in [5.41, 5.74) is 1.96. The topological polar surface area (TPSA) is 92.9 Å². The average Bonchev–Trinajstić information content (AvgIpc) is 3.23. The van der Waals surface area contributed by atoms with Crippen molar-refractivity contribution in [2.45, 2.75) is 11.8 Å². The minimum Gasteiger partial charge on any atom is -0.496 e. The third kappa shape index (κ3) is 3.31. The standard InChI is InChI=1S/C22H24N6O3S/c1-15-17-6-4-5-7-18(17)21-23-24-22(28(21)25-15)19-14-16(8-9-20(19)31-3)32(29,30)27-12-10-26(2)11-13-27/h4-9,14H,10-13H2,1-3H3. The highest BCUT2D eigenvalue weighted by Crippen LogP contribution is 2.33. The van der Waals surface area contributed by atoms with Gasteiger partial charge in [-0.25, -0.2) is 8.42 Å². The minimum atomic E-state index is -3.65. The largest absolute Gasteiger partial charge is 0.496 e. The van der Waals surface area contributed by atoms with E-state index in [1.165, 1.54) is 4.31 Å². The summed E-state index contributed by atoms with van der Waals surface area (Å²) < 4.78 is 35.3. The molecule has 1 saturated heterocycles. The van der Waals surface area contributed by atoms with Crippen molar-refractivity contribution < 1.29 is 13.2 Å². The second kappa shape index (κ2) is 7.80. The minimum absolute atomic E-state index is 0.201. The first kappa shape index (κ1) is 20.8. The molecular formula is C22H24N6O3S. The van der Waals surface area contributed by atoms with Gasteiger partial charge in [0.15, 0.2) is 11.5 Å². The molecule has 166 valence electrons. The molecule has 2 aromatic carbocycles. The maximum atomic E-state index is 13.3. The predicted molar refractivity (Wildman–Crippen MR) is 121 cm³/mol. The van der Waals surface area contributed by atoms with Crippen molar-refractivity contribution in [2.75, 3.05) is 40.3 Å². The molecule has 0 amide bonds. The van der Waals surface area contributed by atoms with Crippen LogP contribution in [0.3, 0.4) is 0 Å². The summed E-state index contributed by atoms with van der Waals surface area (Å²) in [5.74, 6) is 0.936. The second-order valence-corrected chi connectivity index (χ2v) is 9.90. The Morgan fingerprint density at radius 3 is 2.41 bits per heavy atom. The fourth-order valence-electron chi connectivity index (χ4n) is 4.11. The molecule has 0 atom stereocenters. The molecule has 0 saturated carbocycles. The van der Waals surface area contributed by atoms with E-state index in [-0.39, 0.29) is 4.90 Å². The maximum absolute atomic E-state index is 13.3. The Bertz CT molecular complexity index is 1420. The molecule has 9 nitrogen and oxygen atoms in total. The number of hydrogen-bond acceptors (Lipinski definition) is 7. The normalized spacial score (nSPS) is 16.1. The zero-order chi connectivity index (χ0) is 22.5. The van der Waals surface area contributed by atoms with E-state index in [0.29, 0.717) is 49.0 Å². The highest BCUT2D eigenvalue weighted by Gasteiger charge is 2.29. The predicted octanol–water partition coefficient (Wildman–Crippen LogP) is 2.20. The molecule has 0 unspecified atom stereocenters. The lowest BCUT2D eigenvalue weighted by Crippen LogP contribution is -2.47. The molecule has 2 aromatic heterocycles. The molecule has 3 heterocycles. The van der Waals surface area contributed by atoms with E-state index in [0.717, 1.165) is 16.5 Å². The molecule has 1 aliphatic rings. The van der Waals surface area contributed by atoms with E-state index in [9.17, 15) is 8.42 Å². The van der Waals surface area contributed by atoms with E-state index < -0.39 is 10.0 Å².